The van der Waals surface area contributed by atoms with Crippen molar-refractivity contribution in [3.8, 4) is 0 Å². The minimum atomic E-state index is -2.73. The predicted octanol–water partition coefficient (Wildman–Crippen LogP) is 2.47. The van der Waals surface area contributed by atoms with Gasteiger partial charge in [-0.1, -0.05) is 0 Å². The van der Waals surface area contributed by atoms with Crippen molar-refractivity contribution in [3.63, 3.8) is 0 Å². The highest BCUT2D eigenvalue weighted by Gasteiger charge is 2.20. The van der Waals surface area contributed by atoms with Gasteiger partial charge in [-0.2, -0.15) is 0 Å². The van der Waals surface area contributed by atoms with Crippen molar-refractivity contribution in [2.75, 3.05) is 12.3 Å². The molecule has 0 fully saturated rings. The number of hydrogen-bond donors (Lipinski definition) is 1. The van der Waals surface area contributed by atoms with Gasteiger partial charge >= 0.3 is 5.97 Å². The smallest absolute Gasteiger partial charge is 0.310 e. The lowest BCUT2D eigenvalue weighted by molar-refractivity contribution is -0.142. The predicted molar refractivity (Wildman–Crippen MR) is 61.6 cm³/mol. The SMILES string of the molecule is CCOC(=O)Cc1cc(N)nc(Br)c1C(F)F. The normalized spacial score (nSPS) is 10.6. The summed E-state index contributed by atoms with van der Waals surface area (Å²) in [6, 6.07) is 1.25. The van der Waals surface area contributed by atoms with E-state index in [1.165, 1.54) is 6.07 Å². The fourth-order valence-corrected chi connectivity index (χ4v) is 1.97. The summed E-state index contributed by atoms with van der Waals surface area (Å²) in [4.78, 5) is 14.9. The first-order valence-corrected chi connectivity index (χ1v) is 5.63. The quantitative estimate of drug-likeness (QED) is 0.685. The summed E-state index contributed by atoms with van der Waals surface area (Å²) in [7, 11) is 0. The van der Waals surface area contributed by atoms with Crippen LogP contribution in [0.15, 0.2) is 10.7 Å². The highest BCUT2D eigenvalue weighted by Crippen LogP contribution is 2.31. The summed E-state index contributed by atoms with van der Waals surface area (Å²) in [6.07, 6.45) is -2.99. The highest BCUT2D eigenvalue weighted by molar-refractivity contribution is 9.10. The molecule has 0 aliphatic carbocycles. The van der Waals surface area contributed by atoms with Crippen molar-refractivity contribution >= 4 is 27.7 Å². The molecule has 17 heavy (non-hydrogen) atoms. The second kappa shape index (κ2) is 5.90. The van der Waals surface area contributed by atoms with Gasteiger partial charge in [-0.25, -0.2) is 13.8 Å². The zero-order valence-corrected chi connectivity index (χ0v) is 10.6. The molecule has 1 aromatic rings. The maximum absolute atomic E-state index is 12.8. The summed E-state index contributed by atoms with van der Waals surface area (Å²) < 4.78 is 30.2. The average Bonchev–Trinajstić information content (AvgIpc) is 2.15. The molecule has 0 saturated heterocycles. The maximum atomic E-state index is 12.8. The molecule has 7 heteroatoms. The van der Waals surface area contributed by atoms with Gasteiger partial charge in [-0.05, 0) is 34.5 Å². The molecular formula is C10H11BrF2N2O2. The monoisotopic (exact) mass is 308 g/mol. The van der Waals surface area contributed by atoms with E-state index in [4.69, 9.17) is 10.5 Å². The molecule has 1 rings (SSSR count). The molecule has 0 radical (unpaired) electrons. The van der Waals surface area contributed by atoms with E-state index in [0.29, 0.717) is 0 Å². The van der Waals surface area contributed by atoms with Gasteiger partial charge in [0.15, 0.2) is 0 Å². The third kappa shape index (κ3) is 3.62. The lowest BCUT2D eigenvalue weighted by Crippen LogP contribution is -2.11. The van der Waals surface area contributed by atoms with Crippen LogP contribution in [-0.4, -0.2) is 17.6 Å². The van der Waals surface area contributed by atoms with E-state index in [1.807, 2.05) is 0 Å². The van der Waals surface area contributed by atoms with E-state index in [1.54, 1.807) is 6.92 Å². The number of carbonyl (C=O) groups is 1. The number of halogens is 3. The van der Waals surface area contributed by atoms with Crippen LogP contribution in [0.1, 0.15) is 24.5 Å². The fraction of sp³-hybridized carbons (Fsp3) is 0.400. The number of nitrogen functional groups attached to an aromatic ring is 1. The number of esters is 1. The highest BCUT2D eigenvalue weighted by atomic mass is 79.9. The minimum Gasteiger partial charge on any atom is -0.466 e. The molecular weight excluding hydrogens is 298 g/mol. The number of ether oxygens (including phenoxy) is 1. The topological polar surface area (TPSA) is 65.2 Å². The zero-order chi connectivity index (χ0) is 13.0. The van der Waals surface area contributed by atoms with Gasteiger partial charge in [0.05, 0.1) is 18.6 Å². The molecule has 2 N–H and O–H groups in total. The van der Waals surface area contributed by atoms with Gasteiger partial charge in [0.25, 0.3) is 6.43 Å². The van der Waals surface area contributed by atoms with Crippen LogP contribution in [-0.2, 0) is 16.0 Å². The van der Waals surface area contributed by atoms with E-state index < -0.39 is 12.4 Å². The molecule has 0 unspecified atom stereocenters. The van der Waals surface area contributed by atoms with Gasteiger partial charge in [-0.15, -0.1) is 0 Å². The summed E-state index contributed by atoms with van der Waals surface area (Å²) >= 11 is 2.90. The molecule has 0 atom stereocenters. The number of alkyl halides is 2. The van der Waals surface area contributed by atoms with Crippen molar-refractivity contribution in [2.45, 2.75) is 19.8 Å². The number of anilines is 1. The third-order valence-electron chi connectivity index (χ3n) is 1.98. The van der Waals surface area contributed by atoms with E-state index in [2.05, 4.69) is 20.9 Å². The molecule has 1 heterocycles. The van der Waals surface area contributed by atoms with Crippen LogP contribution in [0.4, 0.5) is 14.6 Å². The van der Waals surface area contributed by atoms with Gasteiger partial charge in [0, 0.05) is 0 Å². The molecule has 0 amide bonds. The van der Waals surface area contributed by atoms with E-state index in [9.17, 15) is 13.6 Å². The molecule has 0 aliphatic rings. The van der Waals surface area contributed by atoms with Crippen molar-refractivity contribution in [1.29, 1.82) is 0 Å². The van der Waals surface area contributed by atoms with E-state index in [0.717, 1.165) is 0 Å². The molecule has 0 aromatic carbocycles. The van der Waals surface area contributed by atoms with Crippen LogP contribution >= 0.6 is 15.9 Å². The molecule has 94 valence electrons. The number of carbonyl (C=O) groups excluding carboxylic acids is 1. The number of rotatable bonds is 4. The number of nitrogens with two attached hydrogens (primary N) is 1. The Balaban J connectivity index is 3.08. The second-order valence-electron chi connectivity index (χ2n) is 3.19. The van der Waals surface area contributed by atoms with Crippen LogP contribution in [0.5, 0.6) is 0 Å². The first-order chi connectivity index (χ1) is 7.95. The Morgan fingerprint density at radius 2 is 2.29 bits per heavy atom. The first kappa shape index (κ1) is 13.8. The van der Waals surface area contributed by atoms with Crippen LogP contribution in [0.2, 0.25) is 0 Å². The summed E-state index contributed by atoms with van der Waals surface area (Å²) in [5, 5.41) is 0. The number of aromatic nitrogens is 1. The Morgan fingerprint density at radius 1 is 1.65 bits per heavy atom. The van der Waals surface area contributed by atoms with Gasteiger partial charge in [-0.3, -0.25) is 4.79 Å². The summed E-state index contributed by atoms with van der Waals surface area (Å²) in [6.45, 7) is 1.84. The van der Waals surface area contributed by atoms with Gasteiger partial charge in [0.2, 0.25) is 0 Å². The average molecular weight is 309 g/mol. The molecule has 0 aliphatic heterocycles. The Morgan fingerprint density at radius 3 is 2.82 bits per heavy atom. The molecule has 4 nitrogen and oxygen atoms in total. The lowest BCUT2D eigenvalue weighted by atomic mass is 10.1. The van der Waals surface area contributed by atoms with Crippen molar-refractivity contribution in [2.24, 2.45) is 0 Å². The van der Waals surface area contributed by atoms with Crippen LogP contribution < -0.4 is 5.73 Å². The first-order valence-electron chi connectivity index (χ1n) is 4.84. The van der Waals surface area contributed by atoms with Crippen molar-refractivity contribution in [1.82, 2.24) is 4.98 Å². The molecule has 0 spiro atoms. The fourth-order valence-electron chi connectivity index (χ4n) is 1.34. The van der Waals surface area contributed by atoms with Crippen LogP contribution in [0.3, 0.4) is 0 Å². The summed E-state index contributed by atoms with van der Waals surface area (Å²) in [5.41, 5.74) is 5.24. The Labute approximate surface area is 105 Å². The van der Waals surface area contributed by atoms with Crippen molar-refractivity contribution in [3.05, 3.63) is 21.8 Å². The number of nitrogens with zero attached hydrogens (tertiary/aromatic N) is 1. The van der Waals surface area contributed by atoms with Gasteiger partial charge < -0.3 is 10.5 Å². The Hall–Kier alpha value is -1.24. The third-order valence-corrected chi connectivity index (χ3v) is 2.58. The van der Waals surface area contributed by atoms with Crippen molar-refractivity contribution < 1.29 is 18.3 Å². The zero-order valence-electron chi connectivity index (χ0n) is 9.04. The Kier molecular flexibility index (Phi) is 4.80. The molecule has 0 bridgehead atoms. The minimum absolute atomic E-state index is 0.0493. The largest absolute Gasteiger partial charge is 0.466 e. The summed E-state index contributed by atoms with van der Waals surface area (Å²) in [5.74, 6) is -0.507. The number of hydrogen-bond acceptors (Lipinski definition) is 4. The molecule has 0 saturated carbocycles. The van der Waals surface area contributed by atoms with E-state index in [-0.39, 0.29) is 34.6 Å². The second-order valence-corrected chi connectivity index (χ2v) is 3.94. The van der Waals surface area contributed by atoms with Crippen LogP contribution in [0.25, 0.3) is 0 Å². The molecule has 1 aromatic heterocycles. The lowest BCUT2D eigenvalue weighted by Gasteiger charge is -2.10. The maximum Gasteiger partial charge on any atom is 0.310 e. The van der Waals surface area contributed by atoms with Gasteiger partial charge in [0.1, 0.15) is 10.4 Å². The standard InChI is InChI=1S/C10H11BrF2N2O2/c1-2-17-7(16)4-5-3-6(14)15-9(11)8(5)10(12)13/h3,10H,2,4H2,1H3,(H2,14,15). The van der Waals surface area contributed by atoms with E-state index >= 15 is 0 Å². The Bertz CT molecular complexity index is 427. The number of pyridine rings is 1. The van der Waals surface area contributed by atoms with Crippen LogP contribution in [0, 0.1) is 0 Å².